The number of rotatable bonds is 4. The van der Waals surface area contributed by atoms with Crippen LogP contribution in [0.2, 0.25) is 0 Å². The second-order valence-electron chi connectivity index (χ2n) is 4.15. The van der Waals surface area contributed by atoms with Gasteiger partial charge in [-0.25, -0.2) is 4.98 Å². The zero-order valence-corrected chi connectivity index (χ0v) is 10.6. The zero-order valence-electron chi connectivity index (χ0n) is 10.6. The highest BCUT2D eigenvalue weighted by molar-refractivity contribution is 5.94. The molecule has 0 aliphatic heterocycles. The van der Waals surface area contributed by atoms with Gasteiger partial charge in [-0.3, -0.25) is 0 Å². The van der Waals surface area contributed by atoms with Crippen molar-refractivity contribution < 1.29 is 0 Å². The minimum Gasteiger partial charge on any atom is -0.370 e. The SMILES string of the molecule is CCNc1ncc(C(C)NC)c2ccccc12. The van der Waals surface area contributed by atoms with Crippen LogP contribution < -0.4 is 10.6 Å². The third-order valence-corrected chi connectivity index (χ3v) is 3.07. The molecule has 17 heavy (non-hydrogen) atoms. The lowest BCUT2D eigenvalue weighted by Crippen LogP contribution is -2.13. The van der Waals surface area contributed by atoms with Crippen molar-refractivity contribution in [2.75, 3.05) is 18.9 Å². The summed E-state index contributed by atoms with van der Waals surface area (Å²) in [6, 6.07) is 8.71. The number of hydrogen-bond donors (Lipinski definition) is 2. The number of aromatic nitrogens is 1. The summed E-state index contributed by atoms with van der Waals surface area (Å²) in [5.74, 6) is 0.968. The minimum absolute atomic E-state index is 0.308. The highest BCUT2D eigenvalue weighted by atomic mass is 15.0. The van der Waals surface area contributed by atoms with Crippen LogP contribution in [0.1, 0.15) is 25.5 Å². The molecule has 0 amide bonds. The minimum atomic E-state index is 0.308. The van der Waals surface area contributed by atoms with Gasteiger partial charge in [0.2, 0.25) is 0 Å². The van der Waals surface area contributed by atoms with Crippen molar-refractivity contribution in [1.29, 1.82) is 0 Å². The smallest absolute Gasteiger partial charge is 0.133 e. The van der Waals surface area contributed by atoms with E-state index in [1.54, 1.807) is 0 Å². The maximum absolute atomic E-state index is 4.51. The van der Waals surface area contributed by atoms with Crippen LogP contribution in [0.4, 0.5) is 5.82 Å². The van der Waals surface area contributed by atoms with E-state index in [2.05, 4.69) is 53.7 Å². The molecule has 2 aromatic rings. The van der Waals surface area contributed by atoms with Crippen LogP contribution in [0.15, 0.2) is 30.5 Å². The maximum atomic E-state index is 4.51. The Labute approximate surface area is 102 Å². The number of anilines is 1. The molecule has 0 spiro atoms. The van der Waals surface area contributed by atoms with Gasteiger partial charge in [-0.1, -0.05) is 24.3 Å². The molecule has 90 valence electrons. The third kappa shape index (κ3) is 2.24. The molecule has 0 bridgehead atoms. The average molecular weight is 229 g/mol. The first-order valence-corrected chi connectivity index (χ1v) is 6.06. The van der Waals surface area contributed by atoms with Gasteiger partial charge in [0, 0.05) is 24.2 Å². The fourth-order valence-electron chi connectivity index (χ4n) is 2.02. The molecule has 0 aliphatic rings. The molecular formula is C14H19N3. The molecule has 0 radical (unpaired) electrons. The van der Waals surface area contributed by atoms with Gasteiger partial charge >= 0.3 is 0 Å². The monoisotopic (exact) mass is 229 g/mol. The van der Waals surface area contributed by atoms with Gasteiger partial charge < -0.3 is 10.6 Å². The Morgan fingerprint density at radius 3 is 2.59 bits per heavy atom. The van der Waals surface area contributed by atoms with Crippen molar-refractivity contribution in [2.45, 2.75) is 19.9 Å². The second-order valence-corrected chi connectivity index (χ2v) is 4.15. The molecule has 2 rings (SSSR count). The van der Waals surface area contributed by atoms with Gasteiger partial charge in [-0.05, 0) is 31.8 Å². The Hall–Kier alpha value is -1.61. The third-order valence-electron chi connectivity index (χ3n) is 3.07. The summed E-state index contributed by atoms with van der Waals surface area (Å²) in [4.78, 5) is 4.51. The van der Waals surface area contributed by atoms with E-state index in [0.717, 1.165) is 12.4 Å². The van der Waals surface area contributed by atoms with Crippen LogP contribution in [0.3, 0.4) is 0 Å². The van der Waals surface area contributed by atoms with Gasteiger partial charge in [-0.15, -0.1) is 0 Å². The Kier molecular flexibility index (Phi) is 3.59. The molecular weight excluding hydrogens is 210 g/mol. The lowest BCUT2D eigenvalue weighted by Gasteiger charge is -2.15. The topological polar surface area (TPSA) is 37.0 Å². The first-order chi connectivity index (χ1) is 8.27. The fraction of sp³-hybridized carbons (Fsp3) is 0.357. The van der Waals surface area contributed by atoms with Crippen LogP contribution in [-0.4, -0.2) is 18.6 Å². The van der Waals surface area contributed by atoms with Crippen molar-refractivity contribution in [2.24, 2.45) is 0 Å². The molecule has 1 unspecified atom stereocenters. The zero-order chi connectivity index (χ0) is 12.3. The van der Waals surface area contributed by atoms with Crippen molar-refractivity contribution >= 4 is 16.6 Å². The van der Waals surface area contributed by atoms with Gasteiger partial charge in [0.25, 0.3) is 0 Å². The molecule has 3 nitrogen and oxygen atoms in total. The van der Waals surface area contributed by atoms with E-state index in [9.17, 15) is 0 Å². The van der Waals surface area contributed by atoms with Crippen LogP contribution in [0, 0.1) is 0 Å². The quantitative estimate of drug-likeness (QED) is 0.846. The number of nitrogens with one attached hydrogen (secondary N) is 2. The van der Waals surface area contributed by atoms with E-state index >= 15 is 0 Å². The van der Waals surface area contributed by atoms with Gasteiger partial charge in [-0.2, -0.15) is 0 Å². The summed E-state index contributed by atoms with van der Waals surface area (Å²) in [5, 5.41) is 9.02. The molecule has 3 heteroatoms. The Morgan fingerprint density at radius 2 is 1.94 bits per heavy atom. The first-order valence-electron chi connectivity index (χ1n) is 6.06. The van der Waals surface area contributed by atoms with Crippen molar-refractivity contribution in [1.82, 2.24) is 10.3 Å². The molecule has 0 saturated carbocycles. The highest BCUT2D eigenvalue weighted by Gasteiger charge is 2.10. The number of hydrogen-bond acceptors (Lipinski definition) is 3. The number of benzene rings is 1. The average Bonchev–Trinajstić information content (AvgIpc) is 2.38. The van der Waals surface area contributed by atoms with Crippen LogP contribution in [0.5, 0.6) is 0 Å². The Morgan fingerprint density at radius 1 is 1.24 bits per heavy atom. The van der Waals surface area contributed by atoms with Gasteiger partial charge in [0.05, 0.1) is 0 Å². The predicted octanol–water partition coefficient (Wildman–Crippen LogP) is 2.95. The van der Waals surface area contributed by atoms with Crippen molar-refractivity contribution in [3.8, 4) is 0 Å². The number of nitrogens with zero attached hydrogens (tertiary/aromatic N) is 1. The van der Waals surface area contributed by atoms with E-state index in [1.165, 1.54) is 16.3 Å². The van der Waals surface area contributed by atoms with E-state index in [1.807, 2.05) is 13.2 Å². The van der Waals surface area contributed by atoms with Crippen LogP contribution in [0.25, 0.3) is 10.8 Å². The summed E-state index contributed by atoms with van der Waals surface area (Å²) in [6.07, 6.45) is 1.96. The van der Waals surface area contributed by atoms with Gasteiger partial charge in [0.1, 0.15) is 5.82 Å². The number of fused-ring (bicyclic) bond motifs is 1. The summed E-state index contributed by atoms with van der Waals surface area (Å²) in [7, 11) is 1.97. The second kappa shape index (κ2) is 5.15. The number of pyridine rings is 1. The normalized spacial score (nSPS) is 12.6. The summed E-state index contributed by atoms with van der Waals surface area (Å²) >= 11 is 0. The highest BCUT2D eigenvalue weighted by Crippen LogP contribution is 2.27. The predicted molar refractivity (Wildman–Crippen MR) is 73.4 cm³/mol. The summed E-state index contributed by atoms with van der Waals surface area (Å²) in [5.41, 5.74) is 1.24. The lowest BCUT2D eigenvalue weighted by molar-refractivity contribution is 0.655. The first kappa shape index (κ1) is 11.9. The Bertz CT molecular complexity index is 508. The molecule has 0 fully saturated rings. The maximum Gasteiger partial charge on any atom is 0.133 e. The summed E-state index contributed by atoms with van der Waals surface area (Å²) < 4.78 is 0. The molecule has 1 aromatic heterocycles. The van der Waals surface area contributed by atoms with Crippen molar-refractivity contribution in [3.05, 3.63) is 36.0 Å². The molecule has 0 saturated heterocycles. The van der Waals surface area contributed by atoms with E-state index in [0.29, 0.717) is 6.04 Å². The van der Waals surface area contributed by atoms with E-state index in [4.69, 9.17) is 0 Å². The van der Waals surface area contributed by atoms with Crippen molar-refractivity contribution in [3.63, 3.8) is 0 Å². The van der Waals surface area contributed by atoms with Crippen LogP contribution >= 0.6 is 0 Å². The largest absolute Gasteiger partial charge is 0.370 e. The molecule has 1 heterocycles. The van der Waals surface area contributed by atoms with E-state index in [-0.39, 0.29) is 0 Å². The molecule has 2 N–H and O–H groups in total. The lowest BCUT2D eigenvalue weighted by atomic mass is 10.0. The molecule has 1 atom stereocenters. The van der Waals surface area contributed by atoms with Crippen LogP contribution in [-0.2, 0) is 0 Å². The molecule has 1 aromatic carbocycles. The molecule has 0 aliphatic carbocycles. The Balaban J connectivity index is 2.62. The van der Waals surface area contributed by atoms with Gasteiger partial charge in [0.15, 0.2) is 0 Å². The van der Waals surface area contributed by atoms with E-state index < -0.39 is 0 Å². The fourth-order valence-corrected chi connectivity index (χ4v) is 2.02. The summed E-state index contributed by atoms with van der Waals surface area (Å²) in [6.45, 7) is 5.12. The standard InChI is InChI=1S/C14H19N3/c1-4-16-14-12-8-6-5-7-11(12)13(9-17-14)10(2)15-3/h5-10,15H,4H2,1-3H3,(H,16,17).